The fourth-order valence-electron chi connectivity index (χ4n) is 1.56. The van der Waals surface area contributed by atoms with Crippen molar-refractivity contribution in [3.8, 4) is 0 Å². The summed E-state index contributed by atoms with van der Waals surface area (Å²) in [5.41, 5.74) is 1.17. The minimum Gasteiger partial charge on any atom is -0.298 e. The first-order chi connectivity index (χ1) is 7.54. The number of likely N-dealkylation sites (N-methyl/N-ethyl adjacent to an activating group) is 1. The minimum atomic E-state index is -0.0271. The van der Waals surface area contributed by atoms with E-state index in [0.29, 0.717) is 6.42 Å². The molecule has 0 fully saturated rings. The van der Waals surface area contributed by atoms with Crippen LogP contribution in [-0.4, -0.2) is 23.8 Å². The van der Waals surface area contributed by atoms with Crippen molar-refractivity contribution >= 4 is 17.4 Å². The van der Waals surface area contributed by atoms with Crippen LogP contribution in [0.3, 0.4) is 0 Å². The lowest BCUT2D eigenvalue weighted by Crippen LogP contribution is -2.35. The summed E-state index contributed by atoms with van der Waals surface area (Å²) >= 11 is 5.82. The van der Waals surface area contributed by atoms with Gasteiger partial charge >= 0.3 is 0 Å². The topological polar surface area (TPSA) is 20.3 Å². The fourth-order valence-corrected chi connectivity index (χ4v) is 1.68. The number of Topliss-reactive ketones (excluding diaryl/α,β-unsaturated/α-hetero) is 1. The summed E-state index contributed by atoms with van der Waals surface area (Å²) in [5, 5.41) is 0.740. The van der Waals surface area contributed by atoms with Gasteiger partial charge in [-0.25, -0.2) is 0 Å². The maximum atomic E-state index is 11.5. The molecule has 16 heavy (non-hydrogen) atoms. The first-order valence-corrected chi connectivity index (χ1v) is 5.89. The van der Waals surface area contributed by atoms with E-state index in [2.05, 4.69) is 4.90 Å². The molecule has 88 valence electrons. The highest BCUT2D eigenvalue weighted by atomic mass is 35.5. The van der Waals surface area contributed by atoms with E-state index < -0.39 is 0 Å². The lowest BCUT2D eigenvalue weighted by molar-refractivity contribution is -0.123. The Bertz CT molecular complexity index is 347. The number of hydrogen-bond acceptors (Lipinski definition) is 2. The Hall–Kier alpha value is -0.860. The first-order valence-electron chi connectivity index (χ1n) is 5.52. The average molecular weight is 240 g/mol. The second kappa shape index (κ2) is 6.02. The molecule has 1 atom stereocenters. The summed E-state index contributed by atoms with van der Waals surface area (Å²) < 4.78 is 0. The van der Waals surface area contributed by atoms with E-state index >= 15 is 0 Å². The van der Waals surface area contributed by atoms with Crippen LogP contribution in [0.15, 0.2) is 24.3 Å². The number of carbonyl (C=O) groups is 1. The molecule has 0 saturated heterocycles. The fraction of sp³-hybridized carbons (Fsp3) is 0.462. The van der Waals surface area contributed by atoms with Crippen LogP contribution in [0.25, 0.3) is 0 Å². The van der Waals surface area contributed by atoms with Crippen molar-refractivity contribution in [2.24, 2.45) is 0 Å². The summed E-state index contributed by atoms with van der Waals surface area (Å²) in [6.07, 6.45) is 0.589. The zero-order valence-electron chi connectivity index (χ0n) is 10.0. The summed E-state index contributed by atoms with van der Waals surface area (Å²) in [4.78, 5) is 13.6. The van der Waals surface area contributed by atoms with Crippen molar-refractivity contribution in [1.29, 1.82) is 0 Å². The van der Waals surface area contributed by atoms with Crippen molar-refractivity contribution < 1.29 is 4.79 Å². The molecule has 0 radical (unpaired) electrons. The van der Waals surface area contributed by atoms with Crippen molar-refractivity contribution in [2.45, 2.75) is 32.9 Å². The molecule has 0 bridgehead atoms. The van der Waals surface area contributed by atoms with Crippen LogP contribution in [0, 0.1) is 0 Å². The van der Waals surface area contributed by atoms with E-state index in [0.717, 1.165) is 11.6 Å². The predicted molar refractivity (Wildman–Crippen MR) is 67.7 cm³/mol. The number of nitrogens with zero attached hydrogens (tertiary/aromatic N) is 1. The van der Waals surface area contributed by atoms with E-state index in [4.69, 9.17) is 11.6 Å². The molecule has 1 aromatic carbocycles. The summed E-state index contributed by atoms with van der Waals surface area (Å²) in [7, 11) is 1.97. The monoisotopic (exact) mass is 239 g/mol. The lowest BCUT2D eigenvalue weighted by Gasteiger charge is -2.23. The highest BCUT2D eigenvalue weighted by molar-refractivity contribution is 6.30. The Morgan fingerprint density at radius 3 is 2.44 bits per heavy atom. The predicted octanol–water partition coefficient (Wildman–Crippen LogP) is 3.14. The van der Waals surface area contributed by atoms with Crippen LogP contribution in [0.4, 0.5) is 0 Å². The Morgan fingerprint density at radius 2 is 1.94 bits per heavy atom. The van der Waals surface area contributed by atoms with Gasteiger partial charge in [-0.3, -0.25) is 9.69 Å². The number of benzene rings is 1. The van der Waals surface area contributed by atoms with E-state index in [1.165, 1.54) is 5.56 Å². The van der Waals surface area contributed by atoms with Gasteiger partial charge in [0.15, 0.2) is 0 Å². The molecule has 0 aliphatic carbocycles. The van der Waals surface area contributed by atoms with E-state index in [1.807, 2.05) is 45.2 Å². The van der Waals surface area contributed by atoms with Crippen LogP contribution in [0.2, 0.25) is 5.02 Å². The Balaban J connectivity index is 2.60. The van der Waals surface area contributed by atoms with Gasteiger partial charge in [-0.15, -0.1) is 0 Å². The third kappa shape index (κ3) is 3.62. The largest absolute Gasteiger partial charge is 0.298 e. The lowest BCUT2D eigenvalue weighted by atomic mass is 10.1. The van der Waals surface area contributed by atoms with Crippen LogP contribution in [-0.2, 0) is 11.3 Å². The molecule has 0 heterocycles. The molecule has 2 nitrogen and oxygen atoms in total. The second-order valence-corrected chi connectivity index (χ2v) is 4.47. The van der Waals surface area contributed by atoms with Gasteiger partial charge < -0.3 is 0 Å². The zero-order valence-corrected chi connectivity index (χ0v) is 10.8. The van der Waals surface area contributed by atoms with E-state index in [9.17, 15) is 4.79 Å². The molecule has 0 amide bonds. The molecule has 0 saturated carbocycles. The molecule has 0 aliphatic heterocycles. The highest BCUT2D eigenvalue weighted by Crippen LogP contribution is 2.12. The third-order valence-electron chi connectivity index (χ3n) is 2.82. The number of rotatable bonds is 5. The van der Waals surface area contributed by atoms with Crippen LogP contribution < -0.4 is 0 Å². The van der Waals surface area contributed by atoms with Gasteiger partial charge in [0.2, 0.25) is 0 Å². The van der Waals surface area contributed by atoms with Gasteiger partial charge in [-0.1, -0.05) is 30.7 Å². The van der Waals surface area contributed by atoms with Crippen LogP contribution in [0.1, 0.15) is 25.8 Å². The van der Waals surface area contributed by atoms with Crippen molar-refractivity contribution in [3.05, 3.63) is 34.9 Å². The molecule has 0 aliphatic rings. The molecule has 1 rings (SSSR count). The number of carbonyl (C=O) groups excluding carboxylic acids is 1. The quantitative estimate of drug-likeness (QED) is 0.787. The van der Waals surface area contributed by atoms with Gasteiger partial charge in [0.25, 0.3) is 0 Å². The van der Waals surface area contributed by atoms with Gasteiger partial charge in [-0.2, -0.15) is 0 Å². The van der Waals surface area contributed by atoms with Crippen LogP contribution in [0.5, 0.6) is 0 Å². The molecule has 1 aromatic rings. The van der Waals surface area contributed by atoms with Gasteiger partial charge in [-0.05, 0) is 31.7 Å². The van der Waals surface area contributed by atoms with Gasteiger partial charge in [0.05, 0.1) is 6.04 Å². The summed E-state index contributed by atoms with van der Waals surface area (Å²) in [6, 6.07) is 7.69. The molecule has 0 spiro atoms. The van der Waals surface area contributed by atoms with Crippen molar-refractivity contribution in [2.75, 3.05) is 7.05 Å². The molecular weight excluding hydrogens is 222 g/mol. The molecule has 0 aromatic heterocycles. The van der Waals surface area contributed by atoms with Gasteiger partial charge in [0, 0.05) is 18.0 Å². The van der Waals surface area contributed by atoms with Crippen LogP contribution >= 0.6 is 11.6 Å². The Morgan fingerprint density at radius 1 is 1.38 bits per heavy atom. The third-order valence-corrected chi connectivity index (χ3v) is 3.07. The maximum absolute atomic E-state index is 11.5. The van der Waals surface area contributed by atoms with E-state index in [-0.39, 0.29) is 11.8 Å². The number of hydrogen-bond donors (Lipinski definition) is 0. The number of ketones is 1. The average Bonchev–Trinajstić information content (AvgIpc) is 2.30. The maximum Gasteiger partial charge on any atom is 0.149 e. The summed E-state index contributed by atoms with van der Waals surface area (Å²) in [5.74, 6) is 0.275. The molecule has 0 N–H and O–H groups in total. The molecular formula is C13H18ClNO. The van der Waals surface area contributed by atoms with Crippen molar-refractivity contribution in [3.63, 3.8) is 0 Å². The Kier molecular flexibility index (Phi) is 4.97. The minimum absolute atomic E-state index is 0.0271. The summed E-state index contributed by atoms with van der Waals surface area (Å²) in [6.45, 7) is 4.61. The van der Waals surface area contributed by atoms with Crippen molar-refractivity contribution in [1.82, 2.24) is 4.90 Å². The smallest absolute Gasteiger partial charge is 0.149 e. The molecule has 3 heteroatoms. The standard InChI is InChI=1S/C13H18ClNO/c1-4-13(16)10(2)15(3)9-11-5-7-12(14)8-6-11/h5-8,10H,4,9H2,1-3H3. The second-order valence-electron chi connectivity index (χ2n) is 4.04. The normalized spacial score (nSPS) is 12.8. The first kappa shape index (κ1) is 13.2. The van der Waals surface area contributed by atoms with E-state index in [1.54, 1.807) is 0 Å². The SMILES string of the molecule is CCC(=O)C(C)N(C)Cc1ccc(Cl)cc1. The Labute approximate surface area is 102 Å². The highest BCUT2D eigenvalue weighted by Gasteiger charge is 2.15. The number of halogens is 1. The zero-order chi connectivity index (χ0) is 12.1. The van der Waals surface area contributed by atoms with Gasteiger partial charge in [0.1, 0.15) is 5.78 Å². The molecule has 1 unspecified atom stereocenters.